The number of alkyl halides is 6. The number of fused-ring (bicyclic) bond motifs is 1. The maximum Gasteiger partial charge on any atom is 0.416 e. The monoisotopic (exact) mass is 656 g/mol. The number of piperazine rings is 1. The Kier molecular flexibility index (Phi) is 11.0. The van der Waals surface area contributed by atoms with E-state index in [0.29, 0.717) is 37.5 Å². The summed E-state index contributed by atoms with van der Waals surface area (Å²) in [4.78, 5) is 24.5. The van der Waals surface area contributed by atoms with Crippen LogP contribution in [-0.4, -0.2) is 57.9 Å². The Hall–Kier alpha value is -3.72. The zero-order valence-electron chi connectivity index (χ0n) is 23.2. The fourth-order valence-electron chi connectivity index (χ4n) is 5.29. The van der Waals surface area contributed by atoms with Gasteiger partial charge in [0, 0.05) is 54.4 Å². The predicted octanol–water partition coefficient (Wildman–Crippen LogP) is 7.43. The summed E-state index contributed by atoms with van der Waals surface area (Å²) >= 11 is 0. The molecule has 4 aromatic rings. The smallest absolute Gasteiger partial charge is 0.361 e. The average molecular weight is 657 g/mol. The van der Waals surface area contributed by atoms with E-state index >= 15 is 0 Å². The Morgan fingerprint density at radius 1 is 0.977 bits per heavy atom. The number of benzene rings is 2. The quantitative estimate of drug-likeness (QED) is 0.184. The van der Waals surface area contributed by atoms with E-state index in [9.17, 15) is 31.1 Å². The van der Waals surface area contributed by atoms with E-state index in [1.54, 1.807) is 18.3 Å². The lowest BCUT2D eigenvalue weighted by Crippen LogP contribution is -2.57. The highest BCUT2D eigenvalue weighted by molar-refractivity contribution is 5.95. The van der Waals surface area contributed by atoms with Crippen LogP contribution in [-0.2, 0) is 12.4 Å². The van der Waals surface area contributed by atoms with Crippen LogP contribution in [0.4, 0.5) is 26.3 Å². The largest absolute Gasteiger partial charge is 0.416 e. The normalized spacial score (nSPS) is 16.3. The summed E-state index contributed by atoms with van der Waals surface area (Å²) in [6.07, 6.45) is -6.66. The van der Waals surface area contributed by atoms with Gasteiger partial charge < -0.3 is 9.88 Å². The minimum Gasteiger partial charge on any atom is -0.361 e. The summed E-state index contributed by atoms with van der Waals surface area (Å²) in [7, 11) is 0. The third-order valence-corrected chi connectivity index (χ3v) is 7.47. The first-order valence-electron chi connectivity index (χ1n) is 13.2. The molecule has 1 aliphatic heterocycles. The summed E-state index contributed by atoms with van der Waals surface area (Å²) < 4.78 is 81.3. The van der Waals surface area contributed by atoms with Gasteiger partial charge in [0.25, 0.3) is 5.91 Å². The molecule has 2 aromatic heterocycles. The molecule has 1 saturated heterocycles. The van der Waals surface area contributed by atoms with Gasteiger partial charge in [-0.3, -0.25) is 9.69 Å². The van der Waals surface area contributed by atoms with Crippen molar-refractivity contribution in [3.63, 3.8) is 0 Å². The Balaban J connectivity index is 0.00000264. The van der Waals surface area contributed by atoms with Crippen molar-refractivity contribution in [2.45, 2.75) is 31.2 Å². The zero-order chi connectivity index (χ0) is 30.1. The number of hydrogen-bond acceptors (Lipinski definition) is 3. The molecule has 5 rings (SSSR count). The minimum absolute atomic E-state index is 0. The number of carbonyl (C=O) groups excluding carboxylic acids is 1. The molecule has 2 atom stereocenters. The number of nitrogens with zero attached hydrogens (tertiary/aromatic N) is 3. The maximum atomic E-state index is 13.7. The van der Waals surface area contributed by atoms with Crippen molar-refractivity contribution in [1.82, 2.24) is 19.8 Å². The van der Waals surface area contributed by atoms with Gasteiger partial charge in [0.2, 0.25) is 0 Å². The highest BCUT2D eigenvalue weighted by atomic mass is 35.5. The minimum atomic E-state index is -5.06. The van der Waals surface area contributed by atoms with Gasteiger partial charge in [-0.05, 0) is 47.9 Å². The van der Waals surface area contributed by atoms with Crippen LogP contribution >= 0.6 is 24.8 Å². The summed E-state index contributed by atoms with van der Waals surface area (Å²) in [5, 5.41) is 0.919. The summed E-state index contributed by atoms with van der Waals surface area (Å²) in [6.45, 7) is 2.99. The van der Waals surface area contributed by atoms with Gasteiger partial charge in [0.1, 0.15) is 5.69 Å². The second kappa shape index (κ2) is 13.9. The molecule has 1 unspecified atom stereocenters. The molecule has 234 valence electrons. The molecule has 1 amide bonds. The molecular formula is C31H28Cl2F6N4O. The third kappa shape index (κ3) is 7.67. The summed E-state index contributed by atoms with van der Waals surface area (Å²) in [6, 6.07) is 13.4. The van der Waals surface area contributed by atoms with Crippen LogP contribution in [0.15, 0.2) is 73.1 Å². The van der Waals surface area contributed by atoms with Crippen LogP contribution in [0.3, 0.4) is 0 Å². The summed E-state index contributed by atoms with van der Waals surface area (Å²) in [5.41, 5.74) is -1.35. The van der Waals surface area contributed by atoms with Crippen molar-refractivity contribution in [3.8, 4) is 11.8 Å². The zero-order valence-corrected chi connectivity index (χ0v) is 24.9. The van der Waals surface area contributed by atoms with E-state index < -0.39 is 41.0 Å². The number of pyridine rings is 1. The molecule has 1 N–H and O–H groups in total. The highest BCUT2D eigenvalue weighted by Crippen LogP contribution is 2.38. The molecule has 5 nitrogen and oxygen atoms in total. The number of hydrogen-bond donors (Lipinski definition) is 1. The van der Waals surface area contributed by atoms with E-state index in [-0.39, 0.29) is 43.3 Å². The van der Waals surface area contributed by atoms with Crippen molar-refractivity contribution < 1.29 is 31.1 Å². The van der Waals surface area contributed by atoms with E-state index in [1.165, 1.54) is 4.90 Å². The Morgan fingerprint density at radius 3 is 2.27 bits per heavy atom. The van der Waals surface area contributed by atoms with Gasteiger partial charge in [-0.2, -0.15) is 26.3 Å². The van der Waals surface area contributed by atoms with Crippen molar-refractivity contribution >= 4 is 41.6 Å². The number of rotatable bonds is 4. The molecule has 2 aromatic carbocycles. The van der Waals surface area contributed by atoms with Crippen LogP contribution in [0.2, 0.25) is 0 Å². The molecule has 0 radical (unpaired) electrons. The Labute approximate surface area is 262 Å². The predicted molar refractivity (Wildman–Crippen MR) is 160 cm³/mol. The number of aromatic amines is 1. The van der Waals surface area contributed by atoms with Crippen LogP contribution in [0.5, 0.6) is 0 Å². The van der Waals surface area contributed by atoms with Crippen LogP contribution in [0.1, 0.15) is 45.6 Å². The van der Waals surface area contributed by atoms with Crippen LogP contribution in [0.25, 0.3) is 10.9 Å². The fourth-order valence-corrected chi connectivity index (χ4v) is 5.29. The lowest BCUT2D eigenvalue weighted by Gasteiger charge is -2.43. The van der Waals surface area contributed by atoms with Crippen LogP contribution in [0, 0.1) is 11.8 Å². The molecule has 3 heterocycles. The number of carbonyl (C=O) groups is 1. The first-order chi connectivity index (χ1) is 19.9. The topological polar surface area (TPSA) is 52.2 Å². The van der Waals surface area contributed by atoms with Gasteiger partial charge >= 0.3 is 12.4 Å². The van der Waals surface area contributed by atoms with E-state index in [2.05, 4.69) is 21.8 Å². The Bertz CT molecular complexity index is 1610. The maximum absolute atomic E-state index is 13.7. The van der Waals surface area contributed by atoms with Crippen molar-refractivity contribution in [2.24, 2.45) is 0 Å². The number of halogens is 8. The molecule has 44 heavy (non-hydrogen) atoms. The van der Waals surface area contributed by atoms with E-state index in [4.69, 9.17) is 0 Å². The van der Waals surface area contributed by atoms with Gasteiger partial charge in [-0.25, -0.2) is 4.98 Å². The number of amides is 1. The van der Waals surface area contributed by atoms with Gasteiger partial charge in [0.05, 0.1) is 23.7 Å². The second-order valence-electron chi connectivity index (χ2n) is 10.2. The molecule has 0 bridgehead atoms. The molecule has 0 spiro atoms. The van der Waals surface area contributed by atoms with Gasteiger partial charge in [0.15, 0.2) is 0 Å². The van der Waals surface area contributed by atoms with Crippen molar-refractivity contribution in [2.75, 3.05) is 26.2 Å². The van der Waals surface area contributed by atoms with Crippen molar-refractivity contribution in [1.29, 1.82) is 0 Å². The standard InChI is InChI=1S/C31H26F6N4O.2ClH/c1-20(26-18-39-27-10-3-2-9-25(26)27)28-19-40(12-6-8-24-7-4-5-11-38-24)13-14-41(28)29(42)21-15-22(30(32,33)34)17-23(16-21)31(35,36)37;;/h2-5,7,9-11,15-18,20,28,39H,12-14,19H2,1H3;2*1H/t20?,28-;;/m0../s1. The lowest BCUT2D eigenvalue weighted by atomic mass is 9.89. The first kappa shape index (κ1) is 34.8. The number of H-pyrrole nitrogens is 1. The van der Waals surface area contributed by atoms with E-state index in [1.807, 2.05) is 48.4 Å². The molecule has 0 saturated carbocycles. The second-order valence-corrected chi connectivity index (χ2v) is 10.2. The first-order valence-corrected chi connectivity index (χ1v) is 13.2. The van der Waals surface area contributed by atoms with Crippen LogP contribution < -0.4 is 0 Å². The SMILES string of the molecule is CC(c1c[nH]c2ccccc12)[C@@H]1CN(CC#Cc2ccccn2)CCN1C(=O)c1cc(C(F)(F)F)cc(C(F)(F)F)c1.Cl.Cl. The fraction of sp³-hybridized carbons (Fsp3) is 0.290. The Morgan fingerprint density at radius 2 is 1.64 bits per heavy atom. The number of para-hydroxylation sites is 1. The molecule has 1 aliphatic rings. The average Bonchev–Trinajstić information content (AvgIpc) is 3.40. The lowest BCUT2D eigenvalue weighted by molar-refractivity contribution is -0.143. The van der Waals surface area contributed by atoms with Gasteiger partial charge in [-0.15, -0.1) is 24.8 Å². The molecular weight excluding hydrogens is 629 g/mol. The molecule has 1 fully saturated rings. The molecule has 13 heteroatoms. The third-order valence-electron chi connectivity index (χ3n) is 7.47. The number of aromatic nitrogens is 2. The summed E-state index contributed by atoms with van der Waals surface area (Å²) in [5.74, 6) is 4.86. The van der Waals surface area contributed by atoms with E-state index in [0.717, 1.165) is 16.5 Å². The molecule has 0 aliphatic carbocycles. The van der Waals surface area contributed by atoms with Gasteiger partial charge in [-0.1, -0.05) is 37.1 Å². The number of nitrogens with one attached hydrogen (secondary N) is 1. The highest BCUT2D eigenvalue weighted by Gasteiger charge is 2.40. The van der Waals surface area contributed by atoms with Crippen molar-refractivity contribution in [3.05, 3.63) is 101 Å².